The number of carbonyl (C=O) groups excluding carboxylic acids is 1. The number of carbonyl (C=O) groups is 1. The van der Waals surface area contributed by atoms with Gasteiger partial charge in [-0.25, -0.2) is 4.52 Å². The Kier molecular flexibility index (Phi) is 1.92. The molecule has 0 aliphatic heterocycles. The van der Waals surface area contributed by atoms with Gasteiger partial charge in [0.2, 0.25) is 0 Å². The molecule has 0 aromatic carbocycles. The summed E-state index contributed by atoms with van der Waals surface area (Å²) in [6, 6.07) is 7.38. The molecule has 1 amide bonds. The maximum Gasteiger partial charge on any atom is 0.301 e. The first-order chi connectivity index (χ1) is 6.79. The predicted octanol–water partition coefficient (Wildman–Crippen LogP) is 0.906. The molecule has 0 spiro atoms. The van der Waals surface area contributed by atoms with Gasteiger partial charge in [0.05, 0.1) is 5.52 Å². The number of nitrogens with one attached hydrogen (secondary N) is 1. The van der Waals surface area contributed by atoms with Crippen molar-refractivity contribution < 1.29 is 4.79 Å². The van der Waals surface area contributed by atoms with Gasteiger partial charge in [-0.15, -0.1) is 6.42 Å². The molecule has 0 saturated carbocycles. The van der Waals surface area contributed by atoms with E-state index >= 15 is 0 Å². The summed E-state index contributed by atoms with van der Waals surface area (Å²) in [5.41, 5.74) is 0.903. The van der Waals surface area contributed by atoms with E-state index in [0.717, 1.165) is 5.52 Å². The third-order valence-electron chi connectivity index (χ3n) is 1.74. The normalized spacial score (nSPS) is 9.64. The fourth-order valence-electron chi connectivity index (χ4n) is 1.15. The van der Waals surface area contributed by atoms with Gasteiger partial charge in [0.25, 0.3) is 0 Å². The average molecular weight is 185 g/mol. The summed E-state index contributed by atoms with van der Waals surface area (Å²) in [5.74, 6) is 1.92. The lowest BCUT2D eigenvalue weighted by Crippen LogP contribution is -2.08. The molecule has 4 heteroatoms. The molecular weight excluding hydrogens is 178 g/mol. The number of anilines is 1. The van der Waals surface area contributed by atoms with Crippen LogP contribution in [-0.4, -0.2) is 15.5 Å². The molecule has 0 atom stereocenters. The summed E-state index contributed by atoms with van der Waals surface area (Å²) in [5, 5.41) is 6.56. The van der Waals surface area contributed by atoms with Gasteiger partial charge in [0.15, 0.2) is 5.82 Å². The highest BCUT2D eigenvalue weighted by atomic mass is 16.1. The van der Waals surface area contributed by atoms with Crippen LogP contribution >= 0.6 is 0 Å². The molecule has 14 heavy (non-hydrogen) atoms. The molecule has 2 rings (SSSR count). The number of hydrogen-bond acceptors (Lipinski definition) is 2. The van der Waals surface area contributed by atoms with Crippen LogP contribution in [0.3, 0.4) is 0 Å². The van der Waals surface area contributed by atoms with Crippen molar-refractivity contribution in [3.05, 3.63) is 30.5 Å². The lowest BCUT2D eigenvalue weighted by atomic mass is 10.4. The summed E-state index contributed by atoms with van der Waals surface area (Å²) >= 11 is 0. The van der Waals surface area contributed by atoms with E-state index in [1.165, 1.54) is 0 Å². The maximum atomic E-state index is 10.9. The van der Waals surface area contributed by atoms with Crippen molar-refractivity contribution >= 4 is 17.2 Å². The first-order valence-electron chi connectivity index (χ1n) is 4.01. The van der Waals surface area contributed by atoms with E-state index in [0.29, 0.717) is 5.82 Å². The molecule has 0 aliphatic carbocycles. The predicted molar refractivity (Wildman–Crippen MR) is 52.7 cm³/mol. The quantitative estimate of drug-likeness (QED) is 0.671. The lowest BCUT2D eigenvalue weighted by Gasteiger charge is -1.91. The molecular formula is C10H7N3O. The molecule has 0 radical (unpaired) electrons. The third kappa shape index (κ3) is 1.43. The van der Waals surface area contributed by atoms with Crippen LogP contribution in [0.1, 0.15) is 0 Å². The highest BCUT2D eigenvalue weighted by molar-refractivity contribution is 6.03. The molecule has 2 aromatic heterocycles. The molecule has 0 bridgehead atoms. The zero-order valence-corrected chi connectivity index (χ0v) is 7.27. The van der Waals surface area contributed by atoms with E-state index in [2.05, 4.69) is 10.4 Å². The van der Waals surface area contributed by atoms with Crippen molar-refractivity contribution in [3.63, 3.8) is 0 Å². The van der Waals surface area contributed by atoms with Gasteiger partial charge in [0, 0.05) is 12.3 Å². The van der Waals surface area contributed by atoms with E-state index in [9.17, 15) is 4.79 Å². The van der Waals surface area contributed by atoms with Gasteiger partial charge in [-0.3, -0.25) is 10.1 Å². The number of rotatable bonds is 1. The van der Waals surface area contributed by atoms with Crippen molar-refractivity contribution in [2.24, 2.45) is 0 Å². The Labute approximate surface area is 80.5 Å². The van der Waals surface area contributed by atoms with Gasteiger partial charge in [-0.1, -0.05) is 6.07 Å². The summed E-state index contributed by atoms with van der Waals surface area (Å²) in [6.45, 7) is 0. The van der Waals surface area contributed by atoms with Crippen LogP contribution in [0.25, 0.3) is 5.52 Å². The number of nitrogens with zero attached hydrogens (tertiary/aromatic N) is 2. The first kappa shape index (κ1) is 8.32. The van der Waals surface area contributed by atoms with Crippen LogP contribution in [0.5, 0.6) is 0 Å². The maximum absolute atomic E-state index is 10.9. The van der Waals surface area contributed by atoms with Gasteiger partial charge in [-0.05, 0) is 18.1 Å². The van der Waals surface area contributed by atoms with E-state index in [1.54, 1.807) is 16.8 Å². The minimum Gasteiger partial charge on any atom is -0.298 e. The van der Waals surface area contributed by atoms with Crippen LogP contribution in [0.4, 0.5) is 5.82 Å². The number of amides is 1. The van der Waals surface area contributed by atoms with Gasteiger partial charge in [0.1, 0.15) is 0 Å². The standard InChI is InChI=1S/C10H7N3O/c1-2-10(14)11-9-7-8-5-3-4-6-13(8)12-9/h1,3-7H,(H,11,12,14). The SMILES string of the molecule is C#CC(=O)Nc1cc2ccccn2n1. The number of hydrogen-bond donors (Lipinski definition) is 1. The Morgan fingerprint density at radius 1 is 1.57 bits per heavy atom. The van der Waals surface area contributed by atoms with E-state index in [1.807, 2.05) is 24.1 Å². The van der Waals surface area contributed by atoms with Crippen molar-refractivity contribution in [1.82, 2.24) is 9.61 Å². The fraction of sp³-hybridized carbons (Fsp3) is 0. The lowest BCUT2D eigenvalue weighted by molar-refractivity contribution is -0.111. The molecule has 0 saturated heterocycles. The van der Waals surface area contributed by atoms with E-state index in [-0.39, 0.29) is 0 Å². The summed E-state index contributed by atoms with van der Waals surface area (Å²) in [4.78, 5) is 10.9. The monoisotopic (exact) mass is 185 g/mol. The Morgan fingerprint density at radius 2 is 2.43 bits per heavy atom. The number of terminal acetylenes is 1. The first-order valence-corrected chi connectivity index (χ1v) is 4.01. The molecule has 2 heterocycles. The van der Waals surface area contributed by atoms with Crippen LogP contribution in [0, 0.1) is 12.3 Å². The van der Waals surface area contributed by atoms with Crippen molar-refractivity contribution in [2.45, 2.75) is 0 Å². The van der Waals surface area contributed by atoms with Gasteiger partial charge >= 0.3 is 5.91 Å². The minimum atomic E-state index is -0.492. The third-order valence-corrected chi connectivity index (χ3v) is 1.74. The van der Waals surface area contributed by atoms with Crippen LogP contribution in [-0.2, 0) is 4.79 Å². The second kappa shape index (κ2) is 3.23. The summed E-state index contributed by atoms with van der Waals surface area (Å²) in [7, 11) is 0. The molecule has 2 aromatic rings. The van der Waals surface area contributed by atoms with Crippen molar-refractivity contribution in [3.8, 4) is 12.3 Å². The van der Waals surface area contributed by atoms with E-state index < -0.39 is 5.91 Å². The minimum absolute atomic E-state index is 0.458. The van der Waals surface area contributed by atoms with Gasteiger partial charge in [-0.2, -0.15) is 5.10 Å². The van der Waals surface area contributed by atoms with Crippen LogP contribution < -0.4 is 5.32 Å². The van der Waals surface area contributed by atoms with Crippen LogP contribution in [0.15, 0.2) is 30.5 Å². The highest BCUT2D eigenvalue weighted by Crippen LogP contribution is 2.09. The highest BCUT2D eigenvalue weighted by Gasteiger charge is 2.02. The molecule has 0 fully saturated rings. The topological polar surface area (TPSA) is 46.4 Å². The Balaban J connectivity index is 2.37. The van der Waals surface area contributed by atoms with Crippen molar-refractivity contribution in [2.75, 3.05) is 5.32 Å². The molecule has 4 nitrogen and oxygen atoms in total. The number of pyridine rings is 1. The molecule has 1 N–H and O–H groups in total. The Hall–Kier alpha value is -2.28. The van der Waals surface area contributed by atoms with Crippen molar-refractivity contribution in [1.29, 1.82) is 0 Å². The van der Waals surface area contributed by atoms with E-state index in [4.69, 9.17) is 6.42 Å². The van der Waals surface area contributed by atoms with Gasteiger partial charge < -0.3 is 0 Å². The Bertz CT molecular complexity index is 488. The summed E-state index contributed by atoms with van der Waals surface area (Å²) in [6.07, 6.45) is 6.71. The largest absolute Gasteiger partial charge is 0.301 e. The zero-order valence-electron chi connectivity index (χ0n) is 7.27. The Morgan fingerprint density at radius 3 is 3.14 bits per heavy atom. The summed E-state index contributed by atoms with van der Waals surface area (Å²) < 4.78 is 1.66. The second-order valence-corrected chi connectivity index (χ2v) is 2.70. The fourth-order valence-corrected chi connectivity index (χ4v) is 1.15. The molecule has 68 valence electrons. The van der Waals surface area contributed by atoms with Crippen LogP contribution in [0.2, 0.25) is 0 Å². The number of fused-ring (bicyclic) bond motifs is 1. The molecule has 0 aliphatic rings. The number of aromatic nitrogens is 2. The average Bonchev–Trinajstić information content (AvgIpc) is 2.59. The second-order valence-electron chi connectivity index (χ2n) is 2.70. The molecule has 0 unspecified atom stereocenters. The smallest absolute Gasteiger partial charge is 0.298 e. The zero-order chi connectivity index (χ0) is 9.97.